The Balaban J connectivity index is 0.854. The maximum Gasteiger partial charge on any atom is 0.421 e. The molecule has 2 aliphatic carbocycles. The zero-order valence-corrected chi connectivity index (χ0v) is 33.7. The number of fused-ring (bicyclic) bond motifs is 2. The number of amides is 2. The summed E-state index contributed by atoms with van der Waals surface area (Å²) in [5.41, 5.74) is 4.50. The van der Waals surface area contributed by atoms with Crippen LogP contribution >= 0.6 is 0 Å². The van der Waals surface area contributed by atoms with Gasteiger partial charge in [0.05, 0.1) is 17.4 Å². The van der Waals surface area contributed by atoms with Gasteiger partial charge >= 0.3 is 24.1 Å². The van der Waals surface area contributed by atoms with E-state index in [1.54, 1.807) is 13.0 Å². The van der Waals surface area contributed by atoms with Crippen LogP contribution in [-0.2, 0) is 35.0 Å². The molecule has 2 aromatic heterocycles. The van der Waals surface area contributed by atoms with Gasteiger partial charge in [-0.1, -0.05) is 37.3 Å². The summed E-state index contributed by atoms with van der Waals surface area (Å²) in [5.74, 6) is -1.75. The molecule has 58 heavy (non-hydrogen) atoms. The summed E-state index contributed by atoms with van der Waals surface area (Å²) < 4.78 is 28.6. The average molecular weight is 799 g/mol. The topological polar surface area (TPSA) is 159 Å². The van der Waals surface area contributed by atoms with Gasteiger partial charge in [0.25, 0.3) is 5.91 Å². The first-order valence-electron chi connectivity index (χ1n) is 20.8. The second-order valence-corrected chi connectivity index (χ2v) is 15.9. The van der Waals surface area contributed by atoms with Gasteiger partial charge in [-0.05, 0) is 100 Å². The number of aryl methyl sites for hydroxylation is 2. The third-order valence-electron chi connectivity index (χ3n) is 11.6. The Morgan fingerprint density at radius 3 is 2.10 bits per heavy atom. The maximum atomic E-state index is 13.2. The Morgan fingerprint density at radius 1 is 0.776 bits per heavy atom. The van der Waals surface area contributed by atoms with Crippen LogP contribution in [0.4, 0.5) is 15.3 Å². The molecule has 3 heterocycles. The fourth-order valence-electron chi connectivity index (χ4n) is 8.41. The lowest BCUT2D eigenvalue weighted by molar-refractivity contribution is -0.170. The largest absolute Gasteiger partial charge is 0.451 e. The van der Waals surface area contributed by atoms with Crippen molar-refractivity contribution in [1.29, 1.82) is 0 Å². The van der Waals surface area contributed by atoms with Crippen molar-refractivity contribution in [2.45, 2.75) is 104 Å². The molecule has 2 atom stereocenters. The van der Waals surface area contributed by atoms with Crippen molar-refractivity contribution in [3.05, 3.63) is 65.5 Å². The van der Waals surface area contributed by atoms with Crippen molar-refractivity contribution in [2.75, 3.05) is 37.6 Å². The molecule has 0 spiro atoms. The van der Waals surface area contributed by atoms with Crippen molar-refractivity contribution in [3.8, 4) is 0 Å². The fourth-order valence-corrected chi connectivity index (χ4v) is 8.41. The molecular formula is C44H54N4O10. The standard InChI is InChI=1S/C44H54N4O10/c1-28-15-17-37-36(24-28)33(27-48(37)44(53)57-30(3)55-42(51)32-12-6-7-13-32)14-8-9-19-46-20-22-47(23-21-46)35-16-18-38-34(25-35)26-39(58-38)40(49)45-43(52)56-29(2)54-41(50)31-10-4-5-11-31/h15-18,24-27,29-32H,4-14,19-23H2,1-3H3,(H,45,49,52). The van der Waals surface area contributed by atoms with Crippen molar-refractivity contribution in [2.24, 2.45) is 11.8 Å². The van der Waals surface area contributed by atoms with Crippen LogP contribution in [0.3, 0.4) is 0 Å². The Morgan fingerprint density at radius 2 is 1.43 bits per heavy atom. The summed E-state index contributed by atoms with van der Waals surface area (Å²) in [4.78, 5) is 67.8. The van der Waals surface area contributed by atoms with Crippen molar-refractivity contribution in [1.82, 2.24) is 14.8 Å². The molecular weight excluding hydrogens is 745 g/mol. The predicted molar refractivity (Wildman–Crippen MR) is 215 cm³/mol. The summed E-state index contributed by atoms with van der Waals surface area (Å²) in [6.45, 7) is 9.51. The second-order valence-electron chi connectivity index (χ2n) is 15.9. The molecule has 1 aliphatic heterocycles. The molecule has 14 nitrogen and oxygen atoms in total. The number of alkyl carbamates (subject to hydrolysis) is 1. The van der Waals surface area contributed by atoms with E-state index in [4.69, 9.17) is 23.4 Å². The van der Waals surface area contributed by atoms with Crippen LogP contribution in [0.1, 0.15) is 99.7 Å². The number of esters is 2. The third-order valence-corrected chi connectivity index (χ3v) is 11.6. The molecule has 310 valence electrons. The number of nitrogens with one attached hydrogen (secondary N) is 1. The summed E-state index contributed by atoms with van der Waals surface area (Å²) >= 11 is 0. The van der Waals surface area contributed by atoms with Gasteiger partial charge in [-0.25, -0.2) is 9.59 Å². The average Bonchev–Trinajstić information content (AvgIpc) is 4.04. The molecule has 1 saturated heterocycles. The number of benzene rings is 2. The van der Waals surface area contributed by atoms with Crippen molar-refractivity contribution in [3.63, 3.8) is 0 Å². The van der Waals surface area contributed by atoms with Gasteiger partial charge in [0.1, 0.15) is 5.58 Å². The van der Waals surface area contributed by atoms with E-state index in [1.165, 1.54) is 11.5 Å². The van der Waals surface area contributed by atoms with Crippen molar-refractivity contribution < 1.29 is 47.3 Å². The van der Waals surface area contributed by atoms with Crippen LogP contribution in [0.15, 0.2) is 53.1 Å². The highest BCUT2D eigenvalue weighted by molar-refractivity contribution is 6.03. The minimum absolute atomic E-state index is 0.0317. The molecule has 4 aromatic rings. The number of imide groups is 1. The van der Waals surface area contributed by atoms with Crippen LogP contribution in [0.25, 0.3) is 21.9 Å². The van der Waals surface area contributed by atoms with Gasteiger partial charge in [-0.3, -0.25) is 29.2 Å². The SMILES string of the molecule is Cc1ccc2c(c1)c(CCCCN1CCN(c3ccc4oc(C(=O)NC(=O)OC(C)OC(=O)C5CCCC5)cc4c3)CC1)cn2C(=O)OC(C)OC(=O)C1CCCC1. The Hall–Kier alpha value is -5.37. The molecule has 14 heteroatoms. The summed E-state index contributed by atoms with van der Waals surface area (Å²) in [7, 11) is 0. The van der Waals surface area contributed by atoms with E-state index in [0.29, 0.717) is 5.58 Å². The number of nitrogens with zero attached hydrogens (tertiary/aromatic N) is 3. The van der Waals surface area contributed by atoms with E-state index in [-0.39, 0.29) is 23.6 Å². The normalized spacial score (nSPS) is 17.7. The molecule has 2 saturated carbocycles. The lowest BCUT2D eigenvalue weighted by Gasteiger charge is -2.36. The number of furan rings is 1. The Bertz CT molecular complexity index is 2120. The van der Waals surface area contributed by atoms with E-state index in [2.05, 4.69) is 21.2 Å². The van der Waals surface area contributed by atoms with Gasteiger partial charge in [0.2, 0.25) is 12.6 Å². The second kappa shape index (κ2) is 18.5. The highest BCUT2D eigenvalue weighted by Gasteiger charge is 2.29. The quantitative estimate of drug-likeness (QED) is 0.0795. The first kappa shape index (κ1) is 40.8. The first-order chi connectivity index (χ1) is 28.0. The molecule has 1 N–H and O–H groups in total. The lowest BCUT2D eigenvalue weighted by atomic mass is 10.1. The van der Waals surface area contributed by atoms with Crippen LogP contribution in [0, 0.1) is 18.8 Å². The minimum Gasteiger partial charge on any atom is -0.451 e. The predicted octanol–water partition coefficient (Wildman–Crippen LogP) is 7.85. The molecule has 2 aromatic carbocycles. The number of rotatable bonds is 13. The Labute approximate surface area is 338 Å². The summed E-state index contributed by atoms with van der Waals surface area (Å²) in [5, 5.41) is 3.90. The summed E-state index contributed by atoms with van der Waals surface area (Å²) in [6, 6.07) is 13.4. The minimum atomic E-state index is -1.13. The van der Waals surface area contributed by atoms with Crippen LogP contribution in [0.2, 0.25) is 0 Å². The number of aromatic nitrogens is 1. The molecule has 7 rings (SSSR count). The van der Waals surface area contributed by atoms with Crippen molar-refractivity contribution >= 4 is 57.6 Å². The van der Waals surface area contributed by atoms with E-state index < -0.39 is 36.6 Å². The van der Waals surface area contributed by atoms with Gasteiger partial charge in [-0.15, -0.1) is 0 Å². The zero-order valence-electron chi connectivity index (χ0n) is 33.7. The fraction of sp³-hybridized carbons (Fsp3) is 0.523. The smallest absolute Gasteiger partial charge is 0.421 e. The van der Waals surface area contributed by atoms with E-state index in [0.717, 1.165) is 136 Å². The van der Waals surface area contributed by atoms with Gasteiger partial charge < -0.3 is 28.3 Å². The van der Waals surface area contributed by atoms with Gasteiger partial charge in [-0.2, -0.15) is 0 Å². The molecule has 2 amide bonds. The van der Waals surface area contributed by atoms with Crippen LogP contribution in [0.5, 0.6) is 0 Å². The molecule has 3 aliphatic rings. The van der Waals surface area contributed by atoms with Crippen LogP contribution < -0.4 is 10.2 Å². The van der Waals surface area contributed by atoms with Gasteiger partial charge in [0.15, 0.2) is 5.76 Å². The third kappa shape index (κ3) is 10.0. The number of piperazine rings is 1. The number of hydrogen-bond donors (Lipinski definition) is 1. The monoisotopic (exact) mass is 798 g/mol. The first-order valence-corrected chi connectivity index (χ1v) is 20.8. The number of hydrogen-bond acceptors (Lipinski definition) is 12. The highest BCUT2D eigenvalue weighted by atomic mass is 16.7. The summed E-state index contributed by atoms with van der Waals surface area (Å²) in [6.07, 6.45) is 8.11. The molecule has 0 bridgehead atoms. The van der Waals surface area contributed by atoms with E-state index >= 15 is 0 Å². The molecule has 0 radical (unpaired) electrons. The van der Waals surface area contributed by atoms with E-state index in [1.807, 2.05) is 43.5 Å². The molecule has 2 unspecified atom stereocenters. The number of carbonyl (C=O) groups is 5. The molecule has 3 fully saturated rings. The number of anilines is 1. The van der Waals surface area contributed by atoms with Crippen LogP contribution in [-0.4, -0.2) is 84.8 Å². The number of unbranched alkanes of at least 4 members (excludes halogenated alkanes) is 1. The van der Waals surface area contributed by atoms with E-state index in [9.17, 15) is 24.0 Å². The zero-order chi connectivity index (χ0) is 40.8. The number of carbonyl (C=O) groups excluding carboxylic acids is 5. The Kier molecular flexibility index (Phi) is 13.0. The highest BCUT2D eigenvalue weighted by Crippen LogP contribution is 2.30. The van der Waals surface area contributed by atoms with Gasteiger partial charge in [0, 0.05) is 62.7 Å². The maximum absolute atomic E-state index is 13.2. The number of ether oxygens (including phenoxy) is 4. The lowest BCUT2D eigenvalue weighted by Crippen LogP contribution is -2.46.